The first-order valence-corrected chi connectivity index (χ1v) is 7.33. The van der Waals surface area contributed by atoms with E-state index in [-0.39, 0.29) is 18.6 Å². The number of benzene rings is 1. The van der Waals surface area contributed by atoms with E-state index in [0.717, 1.165) is 28.8 Å². The molecular formula is C15H17BrN2O2. The molecule has 0 aromatic heterocycles. The maximum absolute atomic E-state index is 11.1. The van der Waals surface area contributed by atoms with Gasteiger partial charge in [-0.15, -0.1) is 6.42 Å². The van der Waals surface area contributed by atoms with Gasteiger partial charge in [0.2, 0.25) is 5.91 Å². The molecule has 2 rings (SSSR count). The zero-order chi connectivity index (χ0) is 14.4. The van der Waals surface area contributed by atoms with Crippen LogP contribution in [0.15, 0.2) is 22.7 Å². The highest BCUT2D eigenvalue weighted by Gasteiger charge is 2.19. The molecule has 0 bridgehead atoms. The summed E-state index contributed by atoms with van der Waals surface area (Å²) in [5.41, 5.74) is 1.04. The molecule has 2 N–H and O–H groups in total. The molecule has 0 saturated carbocycles. The van der Waals surface area contributed by atoms with Crippen LogP contribution in [0.1, 0.15) is 18.4 Å². The van der Waals surface area contributed by atoms with Gasteiger partial charge in [0.1, 0.15) is 12.4 Å². The zero-order valence-electron chi connectivity index (χ0n) is 11.1. The smallest absolute Gasteiger partial charge is 0.220 e. The Kier molecular flexibility index (Phi) is 5.45. The van der Waals surface area contributed by atoms with Crippen LogP contribution in [0.2, 0.25) is 0 Å². The summed E-state index contributed by atoms with van der Waals surface area (Å²) in [6.45, 7) is 1.69. The van der Waals surface area contributed by atoms with Crippen molar-refractivity contribution in [2.24, 2.45) is 0 Å². The standard InChI is InChI=1S/C15H17BrN2O2/c1-2-7-20-14-5-3-12(16)8-11(14)9-17-10-13-4-6-15(19)18-13/h1,3,5,8,13,17H,4,6-7,9-10H2,(H,18,19). The van der Waals surface area contributed by atoms with E-state index in [1.807, 2.05) is 18.2 Å². The van der Waals surface area contributed by atoms with Gasteiger partial charge in [-0.1, -0.05) is 21.9 Å². The fourth-order valence-electron chi connectivity index (χ4n) is 2.16. The lowest BCUT2D eigenvalue weighted by Gasteiger charge is -2.14. The van der Waals surface area contributed by atoms with E-state index in [1.54, 1.807) is 0 Å². The molecule has 1 amide bonds. The van der Waals surface area contributed by atoms with E-state index in [0.29, 0.717) is 13.0 Å². The van der Waals surface area contributed by atoms with Gasteiger partial charge in [0.15, 0.2) is 0 Å². The summed E-state index contributed by atoms with van der Waals surface area (Å²) in [5.74, 6) is 3.38. The Morgan fingerprint density at radius 1 is 1.55 bits per heavy atom. The van der Waals surface area contributed by atoms with E-state index in [1.165, 1.54) is 0 Å². The van der Waals surface area contributed by atoms with Crippen LogP contribution in [-0.2, 0) is 11.3 Å². The molecule has 1 aliphatic rings. The second-order valence-electron chi connectivity index (χ2n) is 4.68. The summed E-state index contributed by atoms with van der Waals surface area (Å²) < 4.78 is 6.51. The SMILES string of the molecule is C#CCOc1ccc(Br)cc1CNCC1CCC(=O)N1. The molecule has 20 heavy (non-hydrogen) atoms. The van der Waals surface area contributed by atoms with Gasteiger partial charge in [0, 0.05) is 35.6 Å². The van der Waals surface area contributed by atoms with E-state index in [4.69, 9.17) is 11.2 Å². The molecule has 5 heteroatoms. The summed E-state index contributed by atoms with van der Waals surface area (Å²) in [6, 6.07) is 6.05. The number of terminal acetylenes is 1. The first kappa shape index (κ1) is 14.9. The fraction of sp³-hybridized carbons (Fsp3) is 0.400. The van der Waals surface area contributed by atoms with Crippen molar-refractivity contribution in [2.75, 3.05) is 13.2 Å². The van der Waals surface area contributed by atoms with Gasteiger partial charge in [0.25, 0.3) is 0 Å². The summed E-state index contributed by atoms with van der Waals surface area (Å²) in [6.07, 6.45) is 6.73. The van der Waals surface area contributed by atoms with Gasteiger partial charge in [-0.2, -0.15) is 0 Å². The van der Waals surface area contributed by atoms with Crippen molar-refractivity contribution in [3.63, 3.8) is 0 Å². The fourth-order valence-corrected chi connectivity index (χ4v) is 2.57. The highest BCUT2D eigenvalue weighted by Crippen LogP contribution is 2.23. The molecule has 1 saturated heterocycles. The predicted octanol–water partition coefficient (Wildman–Crippen LogP) is 1.83. The van der Waals surface area contributed by atoms with Crippen molar-refractivity contribution in [1.82, 2.24) is 10.6 Å². The van der Waals surface area contributed by atoms with Crippen LogP contribution in [-0.4, -0.2) is 25.1 Å². The molecule has 106 valence electrons. The Balaban J connectivity index is 1.89. The third-order valence-electron chi connectivity index (χ3n) is 3.12. The van der Waals surface area contributed by atoms with Gasteiger partial charge in [0.05, 0.1) is 0 Å². The third kappa shape index (κ3) is 4.26. The molecule has 0 aliphatic carbocycles. The van der Waals surface area contributed by atoms with Crippen LogP contribution in [0.25, 0.3) is 0 Å². The van der Waals surface area contributed by atoms with Crippen LogP contribution < -0.4 is 15.4 Å². The predicted molar refractivity (Wildman–Crippen MR) is 81.3 cm³/mol. The lowest BCUT2D eigenvalue weighted by molar-refractivity contribution is -0.119. The Morgan fingerprint density at radius 3 is 3.10 bits per heavy atom. The van der Waals surface area contributed by atoms with Gasteiger partial charge in [-0.05, 0) is 24.6 Å². The molecule has 1 aromatic rings. The Morgan fingerprint density at radius 2 is 2.40 bits per heavy atom. The number of hydrogen-bond acceptors (Lipinski definition) is 3. The van der Waals surface area contributed by atoms with Gasteiger partial charge in [-0.25, -0.2) is 0 Å². The van der Waals surface area contributed by atoms with Gasteiger partial charge >= 0.3 is 0 Å². The molecular weight excluding hydrogens is 320 g/mol. The quantitative estimate of drug-likeness (QED) is 0.779. The summed E-state index contributed by atoms with van der Waals surface area (Å²) >= 11 is 3.45. The lowest BCUT2D eigenvalue weighted by Crippen LogP contribution is -2.35. The van der Waals surface area contributed by atoms with Crippen LogP contribution >= 0.6 is 15.9 Å². The molecule has 4 nitrogen and oxygen atoms in total. The number of halogens is 1. The number of hydrogen-bond donors (Lipinski definition) is 2. The Labute approximate surface area is 127 Å². The maximum Gasteiger partial charge on any atom is 0.220 e. The van der Waals surface area contributed by atoms with E-state index in [2.05, 4.69) is 32.5 Å². The third-order valence-corrected chi connectivity index (χ3v) is 3.62. The van der Waals surface area contributed by atoms with E-state index in [9.17, 15) is 4.79 Å². The monoisotopic (exact) mass is 336 g/mol. The van der Waals surface area contributed by atoms with Crippen LogP contribution in [0.3, 0.4) is 0 Å². The summed E-state index contributed by atoms with van der Waals surface area (Å²) in [7, 11) is 0. The van der Waals surface area contributed by atoms with Crippen molar-refractivity contribution in [2.45, 2.75) is 25.4 Å². The first-order valence-electron chi connectivity index (χ1n) is 6.54. The zero-order valence-corrected chi connectivity index (χ0v) is 12.7. The van der Waals surface area contributed by atoms with Crippen molar-refractivity contribution in [3.8, 4) is 18.1 Å². The number of nitrogens with one attached hydrogen (secondary N) is 2. The summed E-state index contributed by atoms with van der Waals surface area (Å²) in [4.78, 5) is 11.1. The Hall–Kier alpha value is -1.51. The summed E-state index contributed by atoms with van der Waals surface area (Å²) in [5, 5.41) is 6.27. The molecule has 1 heterocycles. The number of ether oxygens (including phenoxy) is 1. The van der Waals surface area contributed by atoms with Crippen molar-refractivity contribution in [3.05, 3.63) is 28.2 Å². The van der Waals surface area contributed by atoms with Crippen LogP contribution in [0.5, 0.6) is 5.75 Å². The highest BCUT2D eigenvalue weighted by molar-refractivity contribution is 9.10. The van der Waals surface area contributed by atoms with Crippen LogP contribution in [0.4, 0.5) is 0 Å². The largest absolute Gasteiger partial charge is 0.481 e. The lowest BCUT2D eigenvalue weighted by atomic mass is 10.2. The van der Waals surface area contributed by atoms with Gasteiger partial charge in [-0.3, -0.25) is 4.79 Å². The normalized spacial score (nSPS) is 17.6. The minimum atomic E-state index is 0.136. The second kappa shape index (κ2) is 7.32. The topological polar surface area (TPSA) is 50.4 Å². The van der Waals surface area contributed by atoms with E-state index >= 15 is 0 Å². The maximum atomic E-state index is 11.1. The molecule has 0 radical (unpaired) electrons. The number of rotatable bonds is 6. The average molecular weight is 337 g/mol. The Bertz CT molecular complexity index is 525. The minimum absolute atomic E-state index is 0.136. The van der Waals surface area contributed by atoms with E-state index < -0.39 is 0 Å². The number of amides is 1. The average Bonchev–Trinajstić information content (AvgIpc) is 2.84. The molecule has 0 spiro atoms. The van der Waals surface area contributed by atoms with Crippen molar-refractivity contribution in [1.29, 1.82) is 0 Å². The minimum Gasteiger partial charge on any atom is -0.481 e. The second-order valence-corrected chi connectivity index (χ2v) is 5.59. The molecule has 1 atom stereocenters. The molecule has 1 aromatic carbocycles. The molecule has 1 fully saturated rings. The molecule has 1 aliphatic heterocycles. The highest BCUT2D eigenvalue weighted by atomic mass is 79.9. The van der Waals surface area contributed by atoms with Crippen LogP contribution in [0, 0.1) is 12.3 Å². The first-order chi connectivity index (χ1) is 9.69. The van der Waals surface area contributed by atoms with Crippen molar-refractivity contribution < 1.29 is 9.53 Å². The van der Waals surface area contributed by atoms with Crippen molar-refractivity contribution >= 4 is 21.8 Å². The number of carbonyl (C=O) groups excluding carboxylic acids is 1. The van der Waals surface area contributed by atoms with Gasteiger partial charge < -0.3 is 15.4 Å². The molecule has 1 unspecified atom stereocenters. The number of carbonyl (C=O) groups is 1.